The van der Waals surface area contributed by atoms with E-state index in [0.717, 1.165) is 0 Å². The Morgan fingerprint density at radius 2 is 0.818 bits per heavy atom. The fourth-order valence-corrected chi connectivity index (χ4v) is 0. The molecule has 0 aliphatic heterocycles. The van der Waals surface area contributed by atoms with Gasteiger partial charge in [0.05, 0.1) is 0 Å². The first-order valence-electron chi connectivity index (χ1n) is 0.783. The minimum atomic E-state index is -5.12. The van der Waals surface area contributed by atoms with Crippen LogP contribution >= 0.6 is 0 Å². The summed E-state index contributed by atoms with van der Waals surface area (Å²) in [6, 6.07) is 0. The van der Waals surface area contributed by atoms with Gasteiger partial charge in [-0.3, -0.25) is 0 Å². The topological polar surface area (TPSA) is 172 Å². The second-order valence-corrected chi connectivity index (χ2v) is 2.67. The quantitative estimate of drug-likeness (QED) is 0.379. The van der Waals surface area contributed by atoms with E-state index in [0.29, 0.717) is 0 Å². The van der Waals surface area contributed by atoms with E-state index in [4.69, 9.17) is 16.0 Å². The summed E-state index contributed by atoms with van der Waals surface area (Å²) in [6.07, 6.45) is 0. The van der Waals surface area contributed by atoms with Crippen molar-refractivity contribution in [2.75, 3.05) is 0 Å². The van der Waals surface area contributed by atoms with E-state index in [2.05, 4.69) is 0 Å². The monoisotopic (exact) mass is 322 g/mol. The van der Waals surface area contributed by atoms with Crippen LogP contribution in [0.25, 0.3) is 0 Å². The molecule has 0 saturated carbocycles. The first-order chi connectivity index (χ1) is 2.00. The van der Waals surface area contributed by atoms with Crippen molar-refractivity contribution in [3.8, 4) is 0 Å². The first-order valence-corrected chi connectivity index (χ1v) is 4.07. The molecule has 0 saturated heterocycles. The zero-order valence-electron chi connectivity index (χ0n) is 11.8. The van der Waals surface area contributed by atoms with Crippen LogP contribution in [0.1, 0.15) is 8.56 Å². The van der Waals surface area contributed by atoms with Crippen LogP contribution in [0.2, 0.25) is 0 Å². The molecule has 0 aliphatic carbocycles. The van der Waals surface area contributed by atoms with Crippen LogP contribution in [0, 0.1) is 0 Å². The van der Waals surface area contributed by atoms with Gasteiger partial charge in [0.25, 0.3) is 0 Å². The maximum absolute atomic E-state index is 8.94. The normalized spacial score (nSPS) is 5.36. The molecule has 0 bridgehead atoms. The molecule has 68 valence electrons. The van der Waals surface area contributed by atoms with E-state index >= 15 is 0 Å². The standard InChI is InChI=1S/AsH3O4.3Ca.3H2O.6H/c2-1(3,4)5;;;;;;;;;;;;/h(H3,2,3,4,5);;;;3*1H2;;;;;;/q;3*+2;;;;6*-1. The van der Waals surface area contributed by atoms with Gasteiger partial charge in [-0.2, -0.15) is 0 Å². The molecule has 0 aromatic rings. The van der Waals surface area contributed by atoms with Crippen molar-refractivity contribution in [3.05, 3.63) is 0 Å². The van der Waals surface area contributed by atoms with Gasteiger partial charge < -0.3 is 25.0 Å². The molecular weight excluding hydrogens is 307 g/mol. The van der Waals surface area contributed by atoms with Gasteiger partial charge in [0.2, 0.25) is 0 Å². The summed E-state index contributed by atoms with van der Waals surface area (Å²) in [4.78, 5) is 0. The molecule has 0 atom stereocenters. The van der Waals surface area contributed by atoms with E-state index in [1.54, 1.807) is 0 Å². The molecule has 0 aromatic carbocycles. The van der Waals surface area contributed by atoms with Crippen LogP contribution < -0.4 is 0 Å². The molecule has 11 heteroatoms. The number of rotatable bonds is 0. The molecular formula is H15AsCa3O7. The van der Waals surface area contributed by atoms with Crippen molar-refractivity contribution in [1.82, 2.24) is 0 Å². The average molecular weight is 322 g/mol. The van der Waals surface area contributed by atoms with Crippen LogP contribution in [0.4, 0.5) is 0 Å². The SMILES string of the molecule is O.O.O.O=[As](O)(O)O.[Ca+2].[Ca+2].[Ca+2].[H-].[H-].[H-].[H-].[H-].[H-]. The van der Waals surface area contributed by atoms with Crippen LogP contribution in [-0.2, 0) is 3.74 Å². The summed E-state index contributed by atoms with van der Waals surface area (Å²) in [6.45, 7) is 0. The second-order valence-electron chi connectivity index (χ2n) is 0.513. The Labute approximate surface area is 165 Å². The predicted molar refractivity (Wildman–Crippen MR) is 47.9 cm³/mol. The van der Waals surface area contributed by atoms with E-state index in [1.807, 2.05) is 0 Å². The Morgan fingerprint density at radius 3 is 0.818 bits per heavy atom. The van der Waals surface area contributed by atoms with Crippen LogP contribution in [0.3, 0.4) is 0 Å². The molecule has 0 aromatic heterocycles. The minimum absolute atomic E-state index is 0. The minimum Gasteiger partial charge on any atom is -1.00 e. The van der Waals surface area contributed by atoms with Gasteiger partial charge in [-0.05, 0) is 0 Å². The van der Waals surface area contributed by atoms with Crippen molar-refractivity contribution < 1.29 is 41.0 Å². The van der Waals surface area contributed by atoms with Crippen LogP contribution in [0.5, 0.6) is 0 Å². The van der Waals surface area contributed by atoms with Gasteiger partial charge in [0.1, 0.15) is 0 Å². The molecule has 11 heavy (non-hydrogen) atoms. The smallest absolute Gasteiger partial charge is 1.00 e. The molecule has 7 nitrogen and oxygen atoms in total. The summed E-state index contributed by atoms with van der Waals surface area (Å²) in [5.41, 5.74) is 0. The molecule has 0 fully saturated rings. The predicted octanol–water partition coefficient (Wildman–Crippen LogP) is -5.11. The number of hydrogen-bond donors (Lipinski definition) is 3. The van der Waals surface area contributed by atoms with Crippen molar-refractivity contribution >= 4 is 128 Å². The fourth-order valence-electron chi connectivity index (χ4n) is 0. The molecule has 0 heterocycles. The van der Waals surface area contributed by atoms with Gasteiger partial charge in [0, 0.05) is 0 Å². The third kappa shape index (κ3) is 129. The van der Waals surface area contributed by atoms with Gasteiger partial charge in [0.15, 0.2) is 0 Å². The molecule has 0 unspecified atom stereocenters. The molecule has 0 aliphatic rings. The van der Waals surface area contributed by atoms with Crippen molar-refractivity contribution in [2.45, 2.75) is 0 Å². The Bertz CT molecular complexity index is 75.7. The first kappa shape index (κ1) is 46.1. The summed E-state index contributed by atoms with van der Waals surface area (Å²) >= 11 is -5.12. The Kier molecular flexibility index (Phi) is 99.0. The van der Waals surface area contributed by atoms with Crippen molar-refractivity contribution in [2.24, 2.45) is 0 Å². The third-order valence-corrected chi connectivity index (χ3v) is 0. The maximum atomic E-state index is 8.94. The van der Waals surface area contributed by atoms with E-state index < -0.39 is 14.5 Å². The largest absolute Gasteiger partial charge is 2.00 e. The Morgan fingerprint density at radius 1 is 0.818 bits per heavy atom. The Balaban J connectivity index is -0.00000000121. The zero-order valence-corrected chi connectivity index (χ0v) is 14.3. The average Bonchev–Trinajstić information content (AvgIpc) is 0.722. The van der Waals surface area contributed by atoms with Crippen LogP contribution in [-0.4, -0.2) is 156 Å². The molecule has 0 amide bonds. The zero-order chi connectivity index (χ0) is 4.50. The van der Waals surface area contributed by atoms with Crippen LogP contribution in [0.15, 0.2) is 0 Å². The molecule has 0 rings (SSSR count). The summed E-state index contributed by atoms with van der Waals surface area (Å²) < 4.78 is 30.7. The Hall–Kier alpha value is 3.90. The molecule has 0 spiro atoms. The van der Waals surface area contributed by atoms with Crippen molar-refractivity contribution in [1.29, 1.82) is 0 Å². The van der Waals surface area contributed by atoms with Crippen molar-refractivity contribution in [3.63, 3.8) is 0 Å². The van der Waals surface area contributed by atoms with E-state index in [-0.39, 0.29) is 138 Å². The van der Waals surface area contributed by atoms with Gasteiger partial charge in [-0.1, -0.05) is 0 Å². The summed E-state index contributed by atoms with van der Waals surface area (Å²) in [7, 11) is 0. The third-order valence-electron chi connectivity index (χ3n) is 0. The van der Waals surface area contributed by atoms with E-state index in [9.17, 15) is 0 Å². The van der Waals surface area contributed by atoms with Gasteiger partial charge >= 0.3 is 144 Å². The number of hydrogen-bond acceptors (Lipinski definition) is 1. The summed E-state index contributed by atoms with van der Waals surface area (Å²) in [5.74, 6) is 0. The summed E-state index contributed by atoms with van der Waals surface area (Å²) in [5, 5.41) is 0. The van der Waals surface area contributed by atoms with E-state index in [1.165, 1.54) is 0 Å². The molecule has 0 radical (unpaired) electrons. The second kappa shape index (κ2) is 23.6. The molecule has 9 N–H and O–H groups in total. The maximum Gasteiger partial charge on any atom is 2.00 e. The fraction of sp³-hybridized carbons (Fsp3) is 0. The van der Waals surface area contributed by atoms with Gasteiger partial charge in [-0.15, -0.1) is 0 Å². The van der Waals surface area contributed by atoms with Gasteiger partial charge in [-0.25, -0.2) is 0 Å².